The lowest BCUT2D eigenvalue weighted by Gasteiger charge is -2.24. The Kier molecular flexibility index (Phi) is 6.95. The molecule has 0 aliphatic carbocycles. The lowest BCUT2D eigenvalue weighted by molar-refractivity contribution is -0.139. The van der Waals surface area contributed by atoms with Crippen molar-refractivity contribution in [3.8, 4) is 5.75 Å². The minimum atomic E-state index is -0.935. The van der Waals surface area contributed by atoms with E-state index in [1.807, 2.05) is 0 Å². The van der Waals surface area contributed by atoms with Gasteiger partial charge in [-0.2, -0.15) is 0 Å². The number of imide groups is 1. The van der Waals surface area contributed by atoms with Gasteiger partial charge in [-0.1, -0.05) is 31.0 Å². The molecule has 34 heavy (non-hydrogen) atoms. The Morgan fingerprint density at radius 2 is 1.56 bits per heavy atom. The molecule has 0 saturated carbocycles. The Hall–Kier alpha value is -3.68. The summed E-state index contributed by atoms with van der Waals surface area (Å²) in [5, 5.41) is 0. The second kappa shape index (κ2) is 10.1. The second-order valence-electron chi connectivity index (χ2n) is 8.56. The number of carbonyl (C=O) groups excluding carboxylic acids is 4. The van der Waals surface area contributed by atoms with Crippen LogP contribution in [0.3, 0.4) is 0 Å². The molecular formula is C26H28N2O6. The van der Waals surface area contributed by atoms with E-state index < -0.39 is 12.1 Å². The van der Waals surface area contributed by atoms with Crippen molar-refractivity contribution in [2.75, 3.05) is 20.2 Å². The first-order valence-corrected chi connectivity index (χ1v) is 11.5. The van der Waals surface area contributed by atoms with Gasteiger partial charge in [0.05, 0.1) is 24.8 Å². The molecular weight excluding hydrogens is 436 g/mol. The fraction of sp³-hybridized carbons (Fsp3) is 0.385. The first-order chi connectivity index (χ1) is 16.4. The maximum absolute atomic E-state index is 13.0. The van der Waals surface area contributed by atoms with Crippen LogP contribution in [0.15, 0.2) is 42.5 Å². The summed E-state index contributed by atoms with van der Waals surface area (Å²) in [5.74, 6) is -1.38. The van der Waals surface area contributed by atoms with Crippen LogP contribution >= 0.6 is 0 Å². The number of benzene rings is 2. The highest BCUT2D eigenvalue weighted by Crippen LogP contribution is 2.27. The predicted octanol–water partition coefficient (Wildman–Crippen LogP) is 3.44. The van der Waals surface area contributed by atoms with Gasteiger partial charge in [-0.05, 0) is 49.6 Å². The lowest BCUT2D eigenvalue weighted by atomic mass is 10.1. The average Bonchev–Trinajstić information content (AvgIpc) is 3.03. The zero-order valence-electron chi connectivity index (χ0n) is 19.4. The number of amides is 3. The van der Waals surface area contributed by atoms with Gasteiger partial charge >= 0.3 is 5.97 Å². The molecule has 2 aromatic carbocycles. The second-order valence-corrected chi connectivity index (χ2v) is 8.56. The molecule has 178 valence electrons. The lowest BCUT2D eigenvalue weighted by Crippen LogP contribution is -2.40. The van der Waals surface area contributed by atoms with Crippen LogP contribution in [0, 0.1) is 0 Å². The maximum atomic E-state index is 13.0. The van der Waals surface area contributed by atoms with Crippen molar-refractivity contribution in [1.82, 2.24) is 9.80 Å². The van der Waals surface area contributed by atoms with E-state index >= 15 is 0 Å². The predicted molar refractivity (Wildman–Crippen MR) is 124 cm³/mol. The van der Waals surface area contributed by atoms with Crippen molar-refractivity contribution in [2.45, 2.75) is 45.3 Å². The Morgan fingerprint density at radius 3 is 2.15 bits per heavy atom. The summed E-state index contributed by atoms with van der Waals surface area (Å²) >= 11 is 0. The van der Waals surface area contributed by atoms with Crippen LogP contribution in [-0.2, 0) is 16.1 Å². The summed E-state index contributed by atoms with van der Waals surface area (Å²) < 4.78 is 10.8. The topological polar surface area (TPSA) is 93.2 Å². The van der Waals surface area contributed by atoms with E-state index in [2.05, 4.69) is 0 Å². The van der Waals surface area contributed by atoms with E-state index in [0.717, 1.165) is 30.6 Å². The van der Waals surface area contributed by atoms with Crippen LogP contribution in [0.4, 0.5) is 0 Å². The fourth-order valence-corrected chi connectivity index (χ4v) is 4.40. The summed E-state index contributed by atoms with van der Waals surface area (Å²) in [6, 6.07) is 11.5. The van der Waals surface area contributed by atoms with Crippen molar-refractivity contribution in [1.29, 1.82) is 0 Å². The molecule has 0 spiro atoms. The number of nitrogens with zero attached hydrogens (tertiary/aromatic N) is 2. The molecule has 1 atom stereocenters. The van der Waals surface area contributed by atoms with E-state index in [9.17, 15) is 19.2 Å². The van der Waals surface area contributed by atoms with Crippen LogP contribution in [0.5, 0.6) is 5.75 Å². The molecule has 0 aromatic heterocycles. The van der Waals surface area contributed by atoms with E-state index in [4.69, 9.17) is 9.47 Å². The minimum absolute atomic E-state index is 0.00111. The summed E-state index contributed by atoms with van der Waals surface area (Å²) in [4.78, 5) is 54.0. The Morgan fingerprint density at radius 1 is 0.941 bits per heavy atom. The van der Waals surface area contributed by atoms with Crippen molar-refractivity contribution >= 4 is 23.7 Å². The van der Waals surface area contributed by atoms with Crippen LogP contribution in [-0.4, -0.2) is 59.8 Å². The first-order valence-electron chi connectivity index (χ1n) is 11.5. The molecule has 2 aromatic rings. The van der Waals surface area contributed by atoms with Gasteiger partial charge < -0.3 is 14.4 Å². The third-order valence-electron chi connectivity index (χ3n) is 6.25. The van der Waals surface area contributed by atoms with Gasteiger partial charge in [-0.15, -0.1) is 0 Å². The van der Waals surface area contributed by atoms with Gasteiger partial charge in [0.2, 0.25) is 0 Å². The number of rotatable bonds is 6. The molecule has 0 N–H and O–H groups in total. The monoisotopic (exact) mass is 464 g/mol. The third kappa shape index (κ3) is 4.66. The summed E-state index contributed by atoms with van der Waals surface area (Å²) in [6.45, 7) is 2.90. The Balaban J connectivity index is 1.49. The molecule has 1 saturated heterocycles. The highest BCUT2D eigenvalue weighted by Gasteiger charge is 2.35. The Bertz CT molecular complexity index is 1090. The van der Waals surface area contributed by atoms with E-state index in [1.165, 1.54) is 13.2 Å². The van der Waals surface area contributed by atoms with Crippen molar-refractivity contribution < 1.29 is 28.7 Å². The number of likely N-dealkylation sites (tertiary alicyclic amines) is 1. The smallest absolute Gasteiger partial charge is 0.342 e. The molecule has 3 amide bonds. The summed E-state index contributed by atoms with van der Waals surface area (Å²) in [6.07, 6.45) is 3.14. The number of esters is 1. The number of hydrogen-bond acceptors (Lipinski definition) is 6. The Labute approximate surface area is 198 Å². The number of methoxy groups -OCH3 is 1. The summed E-state index contributed by atoms with van der Waals surface area (Å²) in [7, 11) is 1.43. The zero-order chi connectivity index (χ0) is 24.2. The molecule has 2 heterocycles. The third-order valence-corrected chi connectivity index (χ3v) is 6.25. The van der Waals surface area contributed by atoms with Gasteiger partial charge in [0.1, 0.15) is 11.3 Å². The van der Waals surface area contributed by atoms with Crippen LogP contribution in [0.25, 0.3) is 0 Å². The number of ether oxygens (including phenoxy) is 2. The van der Waals surface area contributed by atoms with E-state index in [-0.39, 0.29) is 35.6 Å². The number of carbonyl (C=O) groups is 4. The van der Waals surface area contributed by atoms with Gasteiger partial charge in [0.15, 0.2) is 6.10 Å². The molecule has 0 radical (unpaired) electrons. The standard InChI is InChI=1S/C26H28N2O6/c1-17(23(29)27-13-7-3-4-8-14-27)34-26(32)21-15-18(11-12-22(21)33-2)16-28-24(30)19-9-5-6-10-20(19)25(28)31/h5-6,9-12,15,17H,3-4,7-8,13-14,16H2,1-2H3/t17-/m0/s1. The van der Waals surface area contributed by atoms with Crippen molar-refractivity contribution in [2.24, 2.45) is 0 Å². The van der Waals surface area contributed by atoms with Crippen molar-refractivity contribution in [3.63, 3.8) is 0 Å². The SMILES string of the molecule is COc1ccc(CN2C(=O)c3ccccc3C2=O)cc1C(=O)O[C@@H](C)C(=O)N1CCCCCC1. The molecule has 8 heteroatoms. The molecule has 1 fully saturated rings. The molecule has 2 aliphatic rings. The van der Waals surface area contributed by atoms with Gasteiger partial charge in [0.25, 0.3) is 17.7 Å². The molecule has 8 nitrogen and oxygen atoms in total. The number of hydrogen-bond donors (Lipinski definition) is 0. The molecule has 0 unspecified atom stereocenters. The highest BCUT2D eigenvalue weighted by molar-refractivity contribution is 6.21. The summed E-state index contributed by atoms with van der Waals surface area (Å²) in [5.41, 5.74) is 1.42. The molecule has 0 bridgehead atoms. The minimum Gasteiger partial charge on any atom is -0.496 e. The normalized spacial score (nSPS) is 16.6. The highest BCUT2D eigenvalue weighted by atomic mass is 16.5. The average molecular weight is 465 g/mol. The number of fused-ring (bicyclic) bond motifs is 1. The van der Waals surface area contributed by atoms with Gasteiger partial charge in [-0.3, -0.25) is 19.3 Å². The van der Waals surface area contributed by atoms with E-state index in [0.29, 0.717) is 29.8 Å². The molecule has 2 aliphatic heterocycles. The fourth-order valence-electron chi connectivity index (χ4n) is 4.40. The van der Waals surface area contributed by atoms with Crippen LogP contribution < -0.4 is 4.74 Å². The van der Waals surface area contributed by atoms with Gasteiger partial charge in [-0.25, -0.2) is 4.79 Å². The van der Waals surface area contributed by atoms with E-state index in [1.54, 1.807) is 48.2 Å². The van der Waals surface area contributed by atoms with Crippen molar-refractivity contribution in [3.05, 3.63) is 64.7 Å². The quantitative estimate of drug-likeness (QED) is 0.480. The molecule has 4 rings (SSSR count). The van der Waals surface area contributed by atoms with Crippen LogP contribution in [0.2, 0.25) is 0 Å². The largest absolute Gasteiger partial charge is 0.496 e. The van der Waals surface area contributed by atoms with Gasteiger partial charge in [0, 0.05) is 13.1 Å². The van der Waals surface area contributed by atoms with Crippen LogP contribution in [0.1, 0.15) is 69.2 Å². The first kappa shape index (κ1) is 23.5. The maximum Gasteiger partial charge on any atom is 0.342 e. The zero-order valence-corrected chi connectivity index (χ0v) is 19.4.